The molecule has 1 atom stereocenters. The van der Waals surface area contributed by atoms with Gasteiger partial charge in [0.25, 0.3) is 5.69 Å². The van der Waals surface area contributed by atoms with E-state index >= 15 is 0 Å². The highest BCUT2D eigenvalue weighted by Crippen LogP contribution is 2.23. The fraction of sp³-hybridized carbons (Fsp3) is 0.417. The van der Waals surface area contributed by atoms with Crippen molar-refractivity contribution in [3.63, 3.8) is 0 Å². The van der Waals surface area contributed by atoms with Crippen LogP contribution in [0.3, 0.4) is 0 Å². The lowest BCUT2D eigenvalue weighted by Gasteiger charge is -2.19. The van der Waals surface area contributed by atoms with Gasteiger partial charge in [-0.3, -0.25) is 14.9 Å². The molecule has 0 bridgehead atoms. The highest BCUT2D eigenvalue weighted by atomic mass is 79.9. The number of benzene rings is 1. The number of rotatable bonds is 6. The smallest absolute Gasteiger partial charge is 0.270 e. The summed E-state index contributed by atoms with van der Waals surface area (Å²) in [5, 5.41) is 13.7. The Morgan fingerprint density at radius 3 is 2.58 bits per heavy atom. The van der Waals surface area contributed by atoms with E-state index in [1.165, 1.54) is 12.1 Å². The van der Waals surface area contributed by atoms with Crippen LogP contribution in [0, 0.1) is 16.0 Å². The summed E-state index contributed by atoms with van der Waals surface area (Å²) < 4.78 is 0.626. The minimum Gasteiger partial charge on any atom is -0.368 e. The first-order valence-corrected chi connectivity index (χ1v) is 6.57. The van der Waals surface area contributed by atoms with Gasteiger partial charge in [-0.2, -0.15) is 0 Å². The molecular weight excluding hydrogens is 314 g/mol. The number of hydrogen-bond acceptors (Lipinski definition) is 4. The Hall–Kier alpha value is -1.47. The zero-order valence-electron chi connectivity index (χ0n) is 10.7. The Bertz CT molecular complexity index is 491. The molecule has 7 heteroatoms. The van der Waals surface area contributed by atoms with Crippen molar-refractivity contribution >= 4 is 27.5 Å². The topological polar surface area (TPSA) is 98.3 Å². The average Bonchev–Trinajstić information content (AvgIpc) is 2.29. The second-order valence-corrected chi connectivity index (χ2v) is 5.39. The van der Waals surface area contributed by atoms with Crippen molar-refractivity contribution in [1.82, 2.24) is 5.32 Å². The summed E-state index contributed by atoms with van der Waals surface area (Å²) >= 11 is 3.28. The summed E-state index contributed by atoms with van der Waals surface area (Å²) in [6.45, 7) is 4.20. The summed E-state index contributed by atoms with van der Waals surface area (Å²) in [7, 11) is 0. The lowest BCUT2D eigenvalue weighted by atomic mass is 10.0. The maximum atomic E-state index is 11.2. The maximum absolute atomic E-state index is 11.2. The van der Waals surface area contributed by atoms with Crippen molar-refractivity contribution in [1.29, 1.82) is 0 Å². The first kappa shape index (κ1) is 15.6. The molecule has 0 aliphatic heterocycles. The van der Waals surface area contributed by atoms with E-state index in [0.29, 0.717) is 11.0 Å². The fourth-order valence-corrected chi connectivity index (χ4v) is 2.18. The van der Waals surface area contributed by atoms with Gasteiger partial charge in [0.2, 0.25) is 5.91 Å². The molecule has 0 heterocycles. The Balaban J connectivity index is 2.78. The van der Waals surface area contributed by atoms with Crippen LogP contribution < -0.4 is 11.1 Å². The molecule has 0 aromatic heterocycles. The lowest BCUT2D eigenvalue weighted by Crippen LogP contribution is -2.44. The highest BCUT2D eigenvalue weighted by Gasteiger charge is 2.19. The molecule has 1 unspecified atom stereocenters. The first-order chi connectivity index (χ1) is 8.82. The van der Waals surface area contributed by atoms with Crippen LogP contribution in [0.2, 0.25) is 0 Å². The summed E-state index contributed by atoms with van der Waals surface area (Å²) in [6, 6.07) is 4.08. The van der Waals surface area contributed by atoms with E-state index in [-0.39, 0.29) is 11.6 Å². The van der Waals surface area contributed by atoms with Crippen molar-refractivity contribution in [2.45, 2.75) is 26.4 Å². The van der Waals surface area contributed by atoms with Crippen molar-refractivity contribution in [2.75, 3.05) is 0 Å². The second-order valence-electron chi connectivity index (χ2n) is 4.54. The Morgan fingerprint density at radius 1 is 1.53 bits per heavy atom. The number of primary amides is 1. The minimum atomic E-state index is -0.456. The number of halogens is 1. The number of nitrogens with two attached hydrogens (primary N) is 1. The molecule has 19 heavy (non-hydrogen) atoms. The Morgan fingerprint density at radius 2 is 2.16 bits per heavy atom. The van der Waals surface area contributed by atoms with Crippen LogP contribution in [-0.4, -0.2) is 16.9 Å². The average molecular weight is 330 g/mol. The standard InChI is InChI=1S/C12H16BrN3O3/c1-7(2)11(12(14)17)15-6-8-3-4-9(16(18)19)5-10(8)13/h3-5,7,11,15H,6H2,1-2H3,(H2,14,17). The van der Waals surface area contributed by atoms with Crippen molar-refractivity contribution in [3.8, 4) is 0 Å². The highest BCUT2D eigenvalue weighted by molar-refractivity contribution is 9.10. The van der Waals surface area contributed by atoms with Crippen molar-refractivity contribution < 1.29 is 9.72 Å². The zero-order chi connectivity index (χ0) is 14.6. The molecule has 0 fully saturated rings. The molecule has 6 nitrogen and oxygen atoms in total. The third kappa shape index (κ3) is 4.29. The van der Waals surface area contributed by atoms with E-state index in [9.17, 15) is 14.9 Å². The summed E-state index contributed by atoms with van der Waals surface area (Å²) in [5.41, 5.74) is 6.15. The van der Waals surface area contributed by atoms with Crippen molar-refractivity contribution in [3.05, 3.63) is 38.3 Å². The molecule has 0 saturated carbocycles. The summed E-state index contributed by atoms with van der Waals surface area (Å²) in [4.78, 5) is 21.4. The van der Waals surface area contributed by atoms with Crippen LogP contribution in [0.1, 0.15) is 19.4 Å². The van der Waals surface area contributed by atoms with Gasteiger partial charge in [-0.15, -0.1) is 0 Å². The second kappa shape index (κ2) is 6.63. The van der Waals surface area contributed by atoms with Crippen LogP contribution in [0.5, 0.6) is 0 Å². The molecule has 0 aliphatic rings. The van der Waals surface area contributed by atoms with Gasteiger partial charge < -0.3 is 11.1 Å². The number of nitrogens with one attached hydrogen (secondary N) is 1. The van der Waals surface area contributed by atoms with Crippen LogP contribution in [0.4, 0.5) is 5.69 Å². The van der Waals surface area contributed by atoms with Gasteiger partial charge in [0, 0.05) is 23.2 Å². The predicted octanol–water partition coefficient (Wildman–Crippen LogP) is 1.96. The molecule has 1 amide bonds. The van der Waals surface area contributed by atoms with Gasteiger partial charge in [-0.1, -0.05) is 29.8 Å². The quantitative estimate of drug-likeness (QED) is 0.615. The number of nitro groups is 1. The van der Waals surface area contributed by atoms with E-state index in [0.717, 1.165) is 5.56 Å². The summed E-state index contributed by atoms with van der Waals surface area (Å²) in [6.07, 6.45) is 0. The van der Waals surface area contributed by atoms with Gasteiger partial charge in [0.15, 0.2) is 0 Å². The number of carbonyl (C=O) groups excluding carboxylic acids is 1. The van der Waals surface area contributed by atoms with Crippen LogP contribution in [-0.2, 0) is 11.3 Å². The molecule has 1 rings (SSSR count). The molecule has 0 spiro atoms. The molecule has 0 radical (unpaired) electrons. The molecule has 0 saturated heterocycles. The SMILES string of the molecule is CC(C)C(NCc1ccc([N+](=O)[O-])cc1Br)C(N)=O. The third-order valence-corrected chi connectivity index (χ3v) is 3.47. The molecule has 1 aromatic carbocycles. The summed E-state index contributed by atoms with van der Waals surface area (Å²) in [5.74, 6) is -0.331. The molecule has 0 aliphatic carbocycles. The van der Waals surface area contributed by atoms with E-state index < -0.39 is 16.9 Å². The molecule has 1 aromatic rings. The number of non-ortho nitro benzene ring substituents is 1. The van der Waals surface area contributed by atoms with E-state index in [2.05, 4.69) is 21.2 Å². The number of nitro benzene ring substituents is 1. The molecule has 3 N–H and O–H groups in total. The molecular formula is C12H16BrN3O3. The van der Waals surface area contributed by atoms with Crippen LogP contribution in [0.15, 0.2) is 22.7 Å². The maximum Gasteiger partial charge on any atom is 0.270 e. The van der Waals surface area contributed by atoms with Crippen LogP contribution >= 0.6 is 15.9 Å². The fourth-order valence-electron chi connectivity index (χ4n) is 1.68. The van der Waals surface area contributed by atoms with Gasteiger partial charge in [0.05, 0.1) is 11.0 Å². The minimum absolute atomic E-state index is 0.0194. The zero-order valence-corrected chi connectivity index (χ0v) is 12.3. The largest absolute Gasteiger partial charge is 0.368 e. The number of amides is 1. The van der Waals surface area contributed by atoms with Gasteiger partial charge in [0.1, 0.15) is 0 Å². The van der Waals surface area contributed by atoms with Gasteiger partial charge >= 0.3 is 0 Å². The number of carbonyl (C=O) groups is 1. The van der Waals surface area contributed by atoms with E-state index in [1.807, 2.05) is 13.8 Å². The van der Waals surface area contributed by atoms with E-state index in [1.54, 1.807) is 6.07 Å². The lowest BCUT2D eigenvalue weighted by molar-refractivity contribution is -0.384. The third-order valence-electron chi connectivity index (χ3n) is 2.73. The first-order valence-electron chi connectivity index (χ1n) is 5.78. The molecule has 104 valence electrons. The van der Waals surface area contributed by atoms with E-state index in [4.69, 9.17) is 5.73 Å². The predicted molar refractivity (Wildman–Crippen MR) is 75.5 cm³/mol. The Kier molecular flexibility index (Phi) is 5.44. The van der Waals surface area contributed by atoms with Crippen LogP contribution in [0.25, 0.3) is 0 Å². The normalized spacial score (nSPS) is 12.4. The number of nitrogens with zero attached hydrogens (tertiary/aromatic N) is 1. The Labute approximate surface area is 119 Å². The van der Waals surface area contributed by atoms with Gasteiger partial charge in [-0.05, 0) is 17.5 Å². The van der Waals surface area contributed by atoms with Gasteiger partial charge in [-0.25, -0.2) is 0 Å². The number of hydrogen-bond donors (Lipinski definition) is 2. The van der Waals surface area contributed by atoms with Crippen molar-refractivity contribution in [2.24, 2.45) is 11.7 Å². The monoisotopic (exact) mass is 329 g/mol.